The lowest BCUT2D eigenvalue weighted by Crippen LogP contribution is -2.52. The highest BCUT2D eigenvalue weighted by Gasteiger charge is 2.35. The Bertz CT molecular complexity index is 726. The number of nitrogens with one attached hydrogen (secondary N) is 1. The van der Waals surface area contributed by atoms with Gasteiger partial charge in [-0.15, -0.1) is 0 Å². The summed E-state index contributed by atoms with van der Waals surface area (Å²) in [4.78, 5) is 12.6. The van der Waals surface area contributed by atoms with Crippen LogP contribution in [0.15, 0.2) is 18.2 Å². The van der Waals surface area contributed by atoms with Crippen LogP contribution in [0.4, 0.5) is 5.69 Å². The van der Waals surface area contributed by atoms with Crippen LogP contribution in [0, 0.1) is 6.92 Å². The van der Waals surface area contributed by atoms with Crippen LogP contribution in [-0.2, 0) is 14.8 Å². The van der Waals surface area contributed by atoms with E-state index in [1.54, 1.807) is 12.1 Å². The van der Waals surface area contributed by atoms with Crippen molar-refractivity contribution >= 4 is 21.6 Å². The molecule has 1 aliphatic carbocycles. The van der Waals surface area contributed by atoms with Crippen LogP contribution in [0.5, 0.6) is 5.75 Å². The molecule has 132 valence electrons. The molecule has 1 saturated carbocycles. The minimum absolute atomic E-state index is 0.00778. The van der Waals surface area contributed by atoms with Crippen molar-refractivity contribution < 1.29 is 17.9 Å². The predicted molar refractivity (Wildman–Crippen MR) is 92.8 cm³/mol. The maximum atomic E-state index is 12.6. The summed E-state index contributed by atoms with van der Waals surface area (Å²) in [6, 6.07) is 5.51. The zero-order chi connectivity index (χ0) is 17.3. The molecule has 1 aliphatic heterocycles. The van der Waals surface area contributed by atoms with Gasteiger partial charge in [-0.25, -0.2) is 8.42 Å². The topological polar surface area (TPSA) is 75.7 Å². The first-order valence-electron chi connectivity index (χ1n) is 8.40. The van der Waals surface area contributed by atoms with Crippen LogP contribution in [0.1, 0.15) is 37.7 Å². The molecule has 0 saturated heterocycles. The first-order valence-corrected chi connectivity index (χ1v) is 10.2. The van der Waals surface area contributed by atoms with Crippen molar-refractivity contribution in [3.63, 3.8) is 0 Å². The second-order valence-corrected chi connectivity index (χ2v) is 8.62. The number of anilines is 1. The summed E-state index contributed by atoms with van der Waals surface area (Å²) in [5.41, 5.74) is 1.44. The van der Waals surface area contributed by atoms with Gasteiger partial charge in [-0.2, -0.15) is 0 Å². The average molecular weight is 352 g/mol. The summed E-state index contributed by atoms with van der Waals surface area (Å²) in [7, 11) is -3.48. The van der Waals surface area contributed by atoms with E-state index >= 15 is 0 Å². The standard InChI is InChI=1S/C17H24N2O4S/c1-12-8-9-15-14(10-12)19(24(2,21)22)11-16(23-15)17(20)18-13-6-4-3-5-7-13/h8-10,13,16H,3-7,11H2,1-2H3,(H,18,20)/t16-/m0/s1. The van der Waals surface area contributed by atoms with Crippen molar-refractivity contribution in [1.29, 1.82) is 0 Å². The van der Waals surface area contributed by atoms with Gasteiger partial charge < -0.3 is 10.1 Å². The third-order valence-electron chi connectivity index (χ3n) is 4.63. The highest BCUT2D eigenvalue weighted by molar-refractivity contribution is 7.92. The molecule has 0 spiro atoms. The van der Waals surface area contributed by atoms with Gasteiger partial charge in [0.05, 0.1) is 18.5 Å². The van der Waals surface area contributed by atoms with E-state index in [0.29, 0.717) is 11.4 Å². The maximum Gasteiger partial charge on any atom is 0.263 e. The number of hydrogen-bond donors (Lipinski definition) is 1. The molecular weight excluding hydrogens is 328 g/mol. The molecule has 1 amide bonds. The smallest absolute Gasteiger partial charge is 0.263 e. The Hall–Kier alpha value is -1.76. The van der Waals surface area contributed by atoms with Crippen LogP contribution >= 0.6 is 0 Å². The minimum Gasteiger partial charge on any atom is -0.476 e. The number of nitrogens with zero attached hydrogens (tertiary/aromatic N) is 1. The molecule has 1 aromatic carbocycles. The normalized spacial score (nSPS) is 21.8. The molecule has 24 heavy (non-hydrogen) atoms. The largest absolute Gasteiger partial charge is 0.476 e. The first kappa shape index (κ1) is 17.1. The van der Waals surface area contributed by atoms with E-state index in [1.165, 1.54) is 10.7 Å². The molecular formula is C17H24N2O4S. The van der Waals surface area contributed by atoms with Crippen LogP contribution in [0.25, 0.3) is 0 Å². The van der Waals surface area contributed by atoms with E-state index in [-0.39, 0.29) is 18.5 Å². The number of ether oxygens (including phenoxy) is 1. The number of hydrogen-bond acceptors (Lipinski definition) is 4. The number of carbonyl (C=O) groups excluding carboxylic acids is 1. The molecule has 2 aliphatic rings. The SMILES string of the molecule is Cc1ccc2c(c1)N(S(C)(=O)=O)C[C@@H](C(=O)NC1CCCCC1)O2. The van der Waals surface area contributed by atoms with Gasteiger partial charge in [0.2, 0.25) is 10.0 Å². The van der Waals surface area contributed by atoms with E-state index in [1.807, 2.05) is 13.0 Å². The van der Waals surface area contributed by atoms with Gasteiger partial charge in [-0.05, 0) is 37.5 Å². The Morgan fingerprint density at radius 3 is 2.62 bits per heavy atom. The van der Waals surface area contributed by atoms with Crippen molar-refractivity contribution in [2.75, 3.05) is 17.1 Å². The summed E-state index contributed by atoms with van der Waals surface area (Å²) in [6.45, 7) is 1.90. The number of benzene rings is 1. The number of amides is 1. The molecule has 1 fully saturated rings. The lowest BCUT2D eigenvalue weighted by molar-refractivity contribution is -0.128. The number of sulfonamides is 1. The molecule has 0 aromatic heterocycles. The third-order valence-corrected chi connectivity index (χ3v) is 5.77. The molecule has 0 bridgehead atoms. The van der Waals surface area contributed by atoms with Crippen molar-refractivity contribution in [1.82, 2.24) is 5.32 Å². The number of rotatable bonds is 3. The lowest BCUT2D eigenvalue weighted by Gasteiger charge is -2.35. The van der Waals surface area contributed by atoms with Crippen molar-refractivity contribution in [2.45, 2.75) is 51.2 Å². The lowest BCUT2D eigenvalue weighted by atomic mass is 9.95. The second kappa shape index (κ2) is 6.63. The summed E-state index contributed by atoms with van der Waals surface area (Å²) >= 11 is 0. The van der Waals surface area contributed by atoms with E-state index in [0.717, 1.165) is 37.5 Å². The molecule has 0 radical (unpaired) electrons. The quantitative estimate of drug-likeness (QED) is 0.902. The molecule has 7 heteroatoms. The highest BCUT2D eigenvalue weighted by atomic mass is 32.2. The minimum atomic E-state index is -3.48. The van der Waals surface area contributed by atoms with Gasteiger partial charge in [-0.3, -0.25) is 9.10 Å². The average Bonchev–Trinajstić information content (AvgIpc) is 2.53. The zero-order valence-electron chi connectivity index (χ0n) is 14.1. The maximum absolute atomic E-state index is 12.6. The fraction of sp³-hybridized carbons (Fsp3) is 0.588. The predicted octanol–water partition coefficient (Wildman–Crippen LogP) is 1.97. The van der Waals surface area contributed by atoms with Gasteiger partial charge in [-0.1, -0.05) is 25.3 Å². The van der Waals surface area contributed by atoms with Crippen LogP contribution in [-0.4, -0.2) is 39.3 Å². The van der Waals surface area contributed by atoms with Gasteiger partial charge in [0.1, 0.15) is 5.75 Å². The highest BCUT2D eigenvalue weighted by Crippen LogP contribution is 2.35. The number of carbonyl (C=O) groups is 1. The zero-order valence-corrected chi connectivity index (χ0v) is 14.9. The summed E-state index contributed by atoms with van der Waals surface area (Å²) < 4.78 is 31.4. The van der Waals surface area contributed by atoms with Gasteiger partial charge in [0, 0.05) is 6.04 Å². The Labute approximate surface area is 143 Å². The number of aryl methyl sites for hydroxylation is 1. The van der Waals surface area contributed by atoms with Crippen molar-refractivity contribution in [3.05, 3.63) is 23.8 Å². The van der Waals surface area contributed by atoms with Crippen LogP contribution in [0.2, 0.25) is 0 Å². The fourth-order valence-corrected chi connectivity index (χ4v) is 4.26. The Balaban J connectivity index is 1.81. The molecule has 6 nitrogen and oxygen atoms in total. The summed E-state index contributed by atoms with van der Waals surface area (Å²) in [6.07, 6.45) is 5.73. The molecule has 1 aromatic rings. The van der Waals surface area contributed by atoms with Crippen molar-refractivity contribution in [2.24, 2.45) is 0 Å². The Morgan fingerprint density at radius 1 is 1.25 bits per heavy atom. The van der Waals surface area contributed by atoms with E-state index in [4.69, 9.17) is 4.74 Å². The van der Waals surface area contributed by atoms with Gasteiger partial charge >= 0.3 is 0 Å². The van der Waals surface area contributed by atoms with Crippen LogP contribution < -0.4 is 14.4 Å². The molecule has 1 heterocycles. The van der Waals surface area contributed by atoms with E-state index in [9.17, 15) is 13.2 Å². The third kappa shape index (κ3) is 3.66. The van der Waals surface area contributed by atoms with E-state index in [2.05, 4.69) is 5.32 Å². The molecule has 1 N–H and O–H groups in total. The monoisotopic (exact) mass is 352 g/mol. The first-order chi connectivity index (χ1) is 11.3. The number of fused-ring (bicyclic) bond motifs is 1. The second-order valence-electron chi connectivity index (χ2n) is 6.72. The Morgan fingerprint density at radius 2 is 1.96 bits per heavy atom. The fourth-order valence-electron chi connectivity index (χ4n) is 3.35. The molecule has 3 rings (SSSR count). The molecule has 0 unspecified atom stereocenters. The Kier molecular flexibility index (Phi) is 4.71. The van der Waals surface area contributed by atoms with Gasteiger partial charge in [0.25, 0.3) is 5.91 Å². The van der Waals surface area contributed by atoms with E-state index < -0.39 is 16.1 Å². The summed E-state index contributed by atoms with van der Waals surface area (Å²) in [5, 5.41) is 3.02. The van der Waals surface area contributed by atoms with Crippen LogP contribution in [0.3, 0.4) is 0 Å². The van der Waals surface area contributed by atoms with Gasteiger partial charge in [0.15, 0.2) is 6.10 Å². The molecule has 1 atom stereocenters. The van der Waals surface area contributed by atoms with Crippen molar-refractivity contribution in [3.8, 4) is 5.75 Å². The summed E-state index contributed by atoms with van der Waals surface area (Å²) in [5.74, 6) is 0.197.